The maximum atomic E-state index is 12.0. The van der Waals surface area contributed by atoms with Gasteiger partial charge in [-0.05, 0) is 25.9 Å². The van der Waals surface area contributed by atoms with E-state index in [2.05, 4.69) is 30.6 Å². The summed E-state index contributed by atoms with van der Waals surface area (Å²) in [7, 11) is 0. The van der Waals surface area contributed by atoms with Crippen molar-refractivity contribution in [3.63, 3.8) is 0 Å². The van der Waals surface area contributed by atoms with Gasteiger partial charge in [-0.2, -0.15) is 0 Å². The third-order valence-electron chi connectivity index (χ3n) is 3.84. The van der Waals surface area contributed by atoms with Gasteiger partial charge < -0.3 is 4.90 Å². The first-order valence-corrected chi connectivity index (χ1v) is 6.66. The van der Waals surface area contributed by atoms with Gasteiger partial charge in [0.05, 0.1) is 0 Å². The lowest BCUT2D eigenvalue weighted by Crippen LogP contribution is -2.39. The van der Waals surface area contributed by atoms with Gasteiger partial charge in [-0.25, -0.2) is 0 Å². The Labute approximate surface area is 99.8 Å². The summed E-state index contributed by atoms with van der Waals surface area (Å²) in [5.74, 6) is 0.535. The van der Waals surface area contributed by atoms with E-state index in [1.54, 1.807) is 0 Å². The second-order valence-electron chi connectivity index (χ2n) is 4.76. The van der Waals surface area contributed by atoms with Crippen LogP contribution in [-0.2, 0) is 4.79 Å². The molecular formula is C13H26N2O. The van der Waals surface area contributed by atoms with Crippen molar-refractivity contribution in [2.45, 2.75) is 46.6 Å². The van der Waals surface area contributed by atoms with Gasteiger partial charge >= 0.3 is 0 Å². The average Bonchev–Trinajstić information content (AvgIpc) is 2.78. The summed E-state index contributed by atoms with van der Waals surface area (Å²) in [6.45, 7) is 12.6. The monoisotopic (exact) mass is 226 g/mol. The first-order valence-electron chi connectivity index (χ1n) is 6.66. The molecule has 0 saturated carbocycles. The fourth-order valence-corrected chi connectivity index (χ4v) is 2.47. The van der Waals surface area contributed by atoms with E-state index in [4.69, 9.17) is 0 Å². The Morgan fingerprint density at radius 2 is 2.00 bits per heavy atom. The van der Waals surface area contributed by atoms with Crippen LogP contribution in [0.4, 0.5) is 0 Å². The van der Waals surface area contributed by atoms with E-state index in [0.29, 0.717) is 11.9 Å². The largest absolute Gasteiger partial charge is 0.341 e. The van der Waals surface area contributed by atoms with E-state index in [1.807, 2.05) is 6.92 Å². The van der Waals surface area contributed by atoms with Crippen molar-refractivity contribution in [1.82, 2.24) is 9.80 Å². The Kier molecular flexibility index (Phi) is 5.26. The van der Waals surface area contributed by atoms with Gasteiger partial charge in [-0.15, -0.1) is 0 Å². The van der Waals surface area contributed by atoms with Crippen LogP contribution in [0.5, 0.6) is 0 Å². The molecule has 1 aliphatic rings. The maximum absolute atomic E-state index is 12.0. The molecule has 0 radical (unpaired) electrons. The molecular weight excluding hydrogens is 200 g/mol. The lowest BCUT2D eigenvalue weighted by molar-refractivity contribution is -0.134. The Balaban J connectivity index is 2.48. The molecule has 16 heavy (non-hydrogen) atoms. The molecule has 1 rings (SSSR count). The molecule has 0 bridgehead atoms. The van der Waals surface area contributed by atoms with Gasteiger partial charge in [0.2, 0.25) is 5.91 Å². The van der Waals surface area contributed by atoms with E-state index in [0.717, 1.165) is 39.0 Å². The third kappa shape index (κ3) is 2.97. The highest BCUT2D eigenvalue weighted by atomic mass is 16.2. The molecule has 1 fully saturated rings. The van der Waals surface area contributed by atoms with Crippen LogP contribution in [-0.4, -0.2) is 47.9 Å². The molecule has 1 heterocycles. The molecule has 0 N–H and O–H groups in total. The molecule has 0 aromatic heterocycles. The van der Waals surface area contributed by atoms with Crippen molar-refractivity contribution in [3.8, 4) is 0 Å². The topological polar surface area (TPSA) is 23.6 Å². The molecule has 94 valence electrons. The zero-order valence-electron chi connectivity index (χ0n) is 11.2. The third-order valence-corrected chi connectivity index (χ3v) is 3.84. The first kappa shape index (κ1) is 13.5. The van der Waals surface area contributed by atoms with Gasteiger partial charge in [0.1, 0.15) is 0 Å². The fourth-order valence-electron chi connectivity index (χ4n) is 2.47. The maximum Gasteiger partial charge on any atom is 0.225 e. The van der Waals surface area contributed by atoms with Gasteiger partial charge in [-0.3, -0.25) is 9.69 Å². The quantitative estimate of drug-likeness (QED) is 0.715. The Hall–Kier alpha value is -0.570. The number of rotatable bonds is 5. The molecule has 2 atom stereocenters. The van der Waals surface area contributed by atoms with E-state index in [-0.39, 0.29) is 5.92 Å². The second kappa shape index (κ2) is 6.24. The zero-order valence-corrected chi connectivity index (χ0v) is 11.2. The zero-order chi connectivity index (χ0) is 12.1. The Morgan fingerprint density at radius 1 is 1.38 bits per heavy atom. The molecule has 0 aromatic rings. The van der Waals surface area contributed by atoms with Crippen molar-refractivity contribution < 1.29 is 4.79 Å². The molecule has 2 unspecified atom stereocenters. The second-order valence-corrected chi connectivity index (χ2v) is 4.76. The molecule has 3 heteroatoms. The summed E-state index contributed by atoms with van der Waals surface area (Å²) in [4.78, 5) is 16.5. The van der Waals surface area contributed by atoms with Gasteiger partial charge in [-0.1, -0.05) is 27.7 Å². The Bertz CT molecular complexity index is 226. The normalized spacial score (nSPS) is 22.8. The number of likely N-dealkylation sites (tertiary alicyclic amines) is 1. The number of carbonyl (C=O) groups is 1. The summed E-state index contributed by atoms with van der Waals surface area (Å²) in [5, 5.41) is 0. The van der Waals surface area contributed by atoms with E-state index >= 15 is 0 Å². The number of hydrogen-bond donors (Lipinski definition) is 0. The molecule has 1 saturated heterocycles. The van der Waals surface area contributed by atoms with Crippen molar-refractivity contribution >= 4 is 5.91 Å². The molecule has 1 amide bonds. The van der Waals surface area contributed by atoms with Gasteiger partial charge in [0.15, 0.2) is 0 Å². The molecule has 0 aliphatic carbocycles. The van der Waals surface area contributed by atoms with Crippen LogP contribution >= 0.6 is 0 Å². The van der Waals surface area contributed by atoms with Crippen molar-refractivity contribution in [2.24, 2.45) is 5.92 Å². The summed E-state index contributed by atoms with van der Waals surface area (Å²) in [5.41, 5.74) is 0. The van der Waals surface area contributed by atoms with Crippen LogP contribution in [0.1, 0.15) is 40.5 Å². The molecule has 3 nitrogen and oxygen atoms in total. The summed E-state index contributed by atoms with van der Waals surface area (Å²) in [6.07, 6.45) is 2.09. The number of amides is 1. The predicted octanol–water partition coefficient (Wildman–Crippen LogP) is 1.98. The van der Waals surface area contributed by atoms with E-state index < -0.39 is 0 Å². The lowest BCUT2D eigenvalue weighted by atomic mass is 10.1. The number of carbonyl (C=O) groups excluding carboxylic acids is 1. The minimum absolute atomic E-state index is 0.190. The highest BCUT2D eigenvalue weighted by Gasteiger charge is 2.30. The van der Waals surface area contributed by atoms with Crippen LogP contribution in [0.25, 0.3) is 0 Å². The lowest BCUT2D eigenvalue weighted by Gasteiger charge is -2.26. The highest BCUT2D eigenvalue weighted by Crippen LogP contribution is 2.18. The van der Waals surface area contributed by atoms with Crippen LogP contribution in [0, 0.1) is 5.92 Å². The molecule has 0 spiro atoms. The standard InChI is InChI=1S/C13H26N2O/c1-5-11(4)13(16)15-9-8-12(10-15)14(6-2)7-3/h11-12H,5-10H2,1-4H3. The first-order chi connectivity index (χ1) is 7.63. The highest BCUT2D eigenvalue weighted by molar-refractivity contribution is 5.78. The van der Waals surface area contributed by atoms with Gasteiger partial charge in [0.25, 0.3) is 0 Å². The van der Waals surface area contributed by atoms with Crippen LogP contribution in [0.3, 0.4) is 0 Å². The fraction of sp³-hybridized carbons (Fsp3) is 0.923. The Morgan fingerprint density at radius 3 is 2.50 bits per heavy atom. The van der Waals surface area contributed by atoms with Crippen LogP contribution in [0.2, 0.25) is 0 Å². The SMILES string of the molecule is CCC(C)C(=O)N1CCC(N(CC)CC)C1. The number of likely N-dealkylation sites (N-methyl/N-ethyl adjacent to an activating group) is 1. The van der Waals surface area contributed by atoms with Crippen molar-refractivity contribution in [2.75, 3.05) is 26.2 Å². The minimum atomic E-state index is 0.190. The van der Waals surface area contributed by atoms with Crippen molar-refractivity contribution in [1.29, 1.82) is 0 Å². The summed E-state index contributed by atoms with van der Waals surface area (Å²) in [6, 6.07) is 0.586. The number of hydrogen-bond acceptors (Lipinski definition) is 2. The van der Waals surface area contributed by atoms with E-state index in [1.165, 1.54) is 0 Å². The predicted molar refractivity (Wildman–Crippen MR) is 67.4 cm³/mol. The van der Waals surface area contributed by atoms with Crippen LogP contribution in [0.15, 0.2) is 0 Å². The van der Waals surface area contributed by atoms with Gasteiger partial charge in [0, 0.05) is 25.0 Å². The number of nitrogens with zero attached hydrogens (tertiary/aromatic N) is 2. The van der Waals surface area contributed by atoms with Crippen LogP contribution < -0.4 is 0 Å². The molecule has 1 aliphatic heterocycles. The average molecular weight is 226 g/mol. The van der Waals surface area contributed by atoms with E-state index in [9.17, 15) is 4.79 Å². The molecule has 0 aromatic carbocycles. The van der Waals surface area contributed by atoms with Crippen molar-refractivity contribution in [3.05, 3.63) is 0 Å². The smallest absolute Gasteiger partial charge is 0.225 e. The summed E-state index contributed by atoms with van der Waals surface area (Å²) < 4.78 is 0. The summed E-state index contributed by atoms with van der Waals surface area (Å²) >= 11 is 0. The minimum Gasteiger partial charge on any atom is -0.341 e.